The van der Waals surface area contributed by atoms with Gasteiger partial charge in [-0.25, -0.2) is 4.39 Å². The lowest BCUT2D eigenvalue weighted by Gasteiger charge is -2.25. The van der Waals surface area contributed by atoms with Crippen LogP contribution in [-0.4, -0.2) is 28.1 Å². The van der Waals surface area contributed by atoms with Crippen molar-refractivity contribution in [3.8, 4) is 0 Å². The molecule has 0 unspecified atom stereocenters. The van der Waals surface area contributed by atoms with Gasteiger partial charge in [0, 0.05) is 24.3 Å². The van der Waals surface area contributed by atoms with Crippen LogP contribution < -0.4 is 5.32 Å². The van der Waals surface area contributed by atoms with Crippen molar-refractivity contribution in [2.75, 3.05) is 6.61 Å². The number of carbonyl (C=O) groups excluding carboxylic acids is 1. The predicted octanol–water partition coefficient (Wildman–Crippen LogP) is 1.93. The van der Waals surface area contributed by atoms with Crippen LogP contribution in [0.15, 0.2) is 12.1 Å². The van der Waals surface area contributed by atoms with E-state index < -0.39 is 22.2 Å². The van der Waals surface area contributed by atoms with E-state index in [1.165, 1.54) is 6.92 Å². The average Bonchev–Trinajstić information content (AvgIpc) is 2.31. The van der Waals surface area contributed by atoms with Crippen LogP contribution in [0.4, 0.5) is 10.1 Å². The maximum Gasteiger partial charge on any atom is 0.270 e. The van der Waals surface area contributed by atoms with E-state index in [9.17, 15) is 19.3 Å². The van der Waals surface area contributed by atoms with Gasteiger partial charge in [-0.1, -0.05) is 0 Å². The molecule has 0 atom stereocenters. The highest BCUT2D eigenvalue weighted by atomic mass is 19.1. The predicted molar refractivity (Wildman–Crippen MR) is 71.0 cm³/mol. The zero-order chi connectivity index (χ0) is 15.5. The van der Waals surface area contributed by atoms with Crippen LogP contribution in [0.3, 0.4) is 0 Å². The Morgan fingerprint density at radius 3 is 2.60 bits per heavy atom. The molecule has 20 heavy (non-hydrogen) atoms. The molecule has 110 valence electrons. The van der Waals surface area contributed by atoms with Crippen molar-refractivity contribution >= 4 is 11.6 Å². The second kappa shape index (κ2) is 5.96. The standard InChI is InChI=1S/C13H17FN2O4/c1-8-6-9(16(19)20)7-10(11(8)14)12(18)15-13(2,3)4-5-17/h6-7,17H,4-5H2,1-3H3,(H,15,18). The highest BCUT2D eigenvalue weighted by Gasteiger charge is 2.25. The molecular weight excluding hydrogens is 267 g/mol. The average molecular weight is 284 g/mol. The summed E-state index contributed by atoms with van der Waals surface area (Å²) >= 11 is 0. The Bertz CT molecular complexity index is 543. The first-order valence-corrected chi connectivity index (χ1v) is 6.06. The Kier molecular flexibility index (Phi) is 4.78. The minimum atomic E-state index is -0.784. The highest BCUT2D eigenvalue weighted by molar-refractivity contribution is 5.95. The van der Waals surface area contributed by atoms with Crippen LogP contribution in [0.2, 0.25) is 0 Å². The molecular formula is C13H17FN2O4. The molecule has 0 aliphatic rings. The summed E-state index contributed by atoms with van der Waals surface area (Å²) in [5.74, 6) is -1.53. The van der Waals surface area contributed by atoms with Gasteiger partial charge >= 0.3 is 0 Å². The lowest BCUT2D eigenvalue weighted by Crippen LogP contribution is -2.44. The molecule has 0 aliphatic heterocycles. The van der Waals surface area contributed by atoms with Gasteiger partial charge in [0.25, 0.3) is 11.6 Å². The summed E-state index contributed by atoms with van der Waals surface area (Å²) in [5, 5.41) is 22.2. The molecule has 7 heteroatoms. The molecule has 0 heterocycles. The third kappa shape index (κ3) is 3.74. The fraction of sp³-hybridized carbons (Fsp3) is 0.462. The van der Waals surface area contributed by atoms with Crippen molar-refractivity contribution in [2.45, 2.75) is 32.7 Å². The second-order valence-electron chi connectivity index (χ2n) is 5.19. The number of nitrogens with zero attached hydrogens (tertiary/aromatic N) is 1. The topological polar surface area (TPSA) is 92.5 Å². The first kappa shape index (κ1) is 16.0. The smallest absolute Gasteiger partial charge is 0.270 e. The Hall–Kier alpha value is -2.02. The minimum absolute atomic E-state index is 0.0318. The number of hydrogen-bond acceptors (Lipinski definition) is 4. The lowest BCUT2D eigenvalue weighted by molar-refractivity contribution is -0.385. The monoisotopic (exact) mass is 284 g/mol. The summed E-state index contributed by atoms with van der Waals surface area (Å²) in [5.41, 5.74) is -1.42. The van der Waals surface area contributed by atoms with E-state index in [4.69, 9.17) is 5.11 Å². The molecule has 2 N–H and O–H groups in total. The van der Waals surface area contributed by atoms with Crippen LogP contribution in [0.5, 0.6) is 0 Å². The quantitative estimate of drug-likeness (QED) is 0.638. The fourth-order valence-corrected chi connectivity index (χ4v) is 1.74. The number of hydrogen-bond donors (Lipinski definition) is 2. The molecule has 0 radical (unpaired) electrons. The van der Waals surface area contributed by atoms with E-state index in [-0.39, 0.29) is 29.8 Å². The first-order valence-electron chi connectivity index (χ1n) is 6.06. The molecule has 1 amide bonds. The van der Waals surface area contributed by atoms with E-state index in [0.29, 0.717) is 0 Å². The molecule has 6 nitrogen and oxygen atoms in total. The summed E-state index contributed by atoms with van der Waals surface area (Å²) in [6.45, 7) is 4.56. The largest absolute Gasteiger partial charge is 0.396 e. The number of halogens is 1. The Morgan fingerprint density at radius 2 is 2.10 bits per heavy atom. The molecule has 0 aliphatic carbocycles. The van der Waals surface area contributed by atoms with Crippen LogP contribution in [0, 0.1) is 22.9 Å². The molecule has 0 spiro atoms. The minimum Gasteiger partial charge on any atom is -0.396 e. The number of nitrogens with one attached hydrogen (secondary N) is 1. The molecule has 0 saturated heterocycles. The Morgan fingerprint density at radius 1 is 1.50 bits per heavy atom. The highest BCUT2D eigenvalue weighted by Crippen LogP contribution is 2.22. The number of rotatable bonds is 5. The van der Waals surface area contributed by atoms with Gasteiger partial charge in [-0.05, 0) is 32.8 Å². The number of nitro benzene ring substituents is 1. The van der Waals surface area contributed by atoms with Gasteiger partial charge in [0.05, 0.1) is 10.5 Å². The Balaban J connectivity index is 3.12. The summed E-state index contributed by atoms with van der Waals surface area (Å²) in [7, 11) is 0. The van der Waals surface area contributed by atoms with Crippen LogP contribution >= 0.6 is 0 Å². The van der Waals surface area contributed by atoms with E-state index in [2.05, 4.69) is 5.32 Å². The number of non-ortho nitro benzene ring substituents is 1. The zero-order valence-corrected chi connectivity index (χ0v) is 11.6. The lowest BCUT2D eigenvalue weighted by atomic mass is 10.00. The molecule has 0 saturated carbocycles. The van der Waals surface area contributed by atoms with Crippen molar-refractivity contribution in [1.29, 1.82) is 0 Å². The molecule has 1 rings (SSSR count). The van der Waals surface area contributed by atoms with Gasteiger partial charge in [0.1, 0.15) is 5.82 Å². The molecule has 0 fully saturated rings. The number of aliphatic hydroxyl groups is 1. The normalized spacial score (nSPS) is 11.2. The van der Waals surface area contributed by atoms with Crippen LogP contribution in [0.1, 0.15) is 36.2 Å². The zero-order valence-electron chi connectivity index (χ0n) is 11.6. The summed E-state index contributed by atoms with van der Waals surface area (Å²) in [4.78, 5) is 22.1. The van der Waals surface area contributed by atoms with E-state index in [1.807, 2.05) is 0 Å². The van der Waals surface area contributed by atoms with Gasteiger partial charge in [0.2, 0.25) is 0 Å². The van der Waals surface area contributed by atoms with Crippen molar-refractivity contribution < 1.29 is 19.2 Å². The summed E-state index contributed by atoms with van der Waals surface area (Å²) in [6.07, 6.45) is 0.286. The van der Waals surface area contributed by atoms with E-state index in [0.717, 1.165) is 12.1 Å². The van der Waals surface area contributed by atoms with Crippen molar-refractivity contribution in [3.05, 3.63) is 39.2 Å². The van der Waals surface area contributed by atoms with Gasteiger partial charge in [-0.15, -0.1) is 0 Å². The van der Waals surface area contributed by atoms with Gasteiger partial charge < -0.3 is 10.4 Å². The van der Waals surface area contributed by atoms with Crippen molar-refractivity contribution in [2.24, 2.45) is 0 Å². The number of nitro groups is 1. The summed E-state index contributed by atoms with van der Waals surface area (Å²) < 4.78 is 13.9. The van der Waals surface area contributed by atoms with Crippen LogP contribution in [-0.2, 0) is 0 Å². The number of amides is 1. The van der Waals surface area contributed by atoms with Crippen LogP contribution in [0.25, 0.3) is 0 Å². The van der Waals surface area contributed by atoms with Gasteiger partial charge in [-0.2, -0.15) is 0 Å². The van der Waals surface area contributed by atoms with Gasteiger partial charge in [0.15, 0.2) is 0 Å². The molecule has 0 aromatic heterocycles. The third-order valence-corrected chi connectivity index (χ3v) is 2.88. The van der Waals surface area contributed by atoms with E-state index >= 15 is 0 Å². The maximum absolute atomic E-state index is 13.9. The van der Waals surface area contributed by atoms with Crippen molar-refractivity contribution in [3.63, 3.8) is 0 Å². The molecule has 1 aromatic rings. The fourth-order valence-electron chi connectivity index (χ4n) is 1.74. The second-order valence-corrected chi connectivity index (χ2v) is 5.19. The third-order valence-electron chi connectivity index (χ3n) is 2.88. The number of aryl methyl sites for hydroxylation is 1. The number of benzene rings is 1. The maximum atomic E-state index is 13.9. The SMILES string of the molecule is Cc1cc([N+](=O)[O-])cc(C(=O)NC(C)(C)CCO)c1F. The number of aliphatic hydroxyl groups excluding tert-OH is 1. The summed E-state index contributed by atoms with van der Waals surface area (Å²) in [6, 6.07) is 1.98. The van der Waals surface area contributed by atoms with Gasteiger partial charge in [-0.3, -0.25) is 14.9 Å². The Labute approximate surface area is 115 Å². The number of carbonyl (C=O) groups is 1. The molecule has 1 aromatic carbocycles. The van der Waals surface area contributed by atoms with Crippen molar-refractivity contribution in [1.82, 2.24) is 5.32 Å². The van der Waals surface area contributed by atoms with E-state index in [1.54, 1.807) is 13.8 Å². The molecule has 0 bridgehead atoms. The first-order chi connectivity index (χ1) is 9.18.